The standard InChI is InChI=1S/C55H59N11O11S/c1-28(60-52(71)41-24-44(56)58-25-35(41)17-20-46(68)64-66-53(72)48-49(77-48)54(73)75-4)33-11-7-12-34(21-33)43-22-36(27-78-43)47-42(26-59-47)62-37-18-15-32(16-19-45(67)63-65-50(69)30(3)76-55(57)74)40(23-37)51(70)61-29(2)38-14-8-10-31-9-5-6-13-39(31)38/h5-15,18,21-25,27-30,42,47-49,59,62H,16-17,19-20,26H2,1-4H3,(H2,56,58)(H2,57,74)(H,60,71)(H,61,70)(H,63,67)(H,64,68)(H,65,69)(H,66,72)/t28-,29-,30?,42?,47?,48?,49?/m1/s1. The van der Waals surface area contributed by atoms with Gasteiger partial charge in [-0.25, -0.2) is 14.6 Å². The lowest BCUT2D eigenvalue weighted by atomic mass is 9.93. The molecule has 406 valence electrons. The van der Waals surface area contributed by atoms with Crippen molar-refractivity contribution in [2.45, 2.75) is 88.9 Å². The molecule has 0 radical (unpaired) electrons. The number of aromatic nitrogens is 1. The van der Waals surface area contributed by atoms with Gasteiger partial charge in [0, 0.05) is 47.3 Å². The highest BCUT2D eigenvalue weighted by atomic mass is 32.1. The van der Waals surface area contributed by atoms with Crippen molar-refractivity contribution in [3.05, 3.63) is 148 Å². The zero-order chi connectivity index (χ0) is 55.6. The first kappa shape index (κ1) is 55.3. The number of hydrazine groups is 2. The van der Waals surface area contributed by atoms with Gasteiger partial charge in [-0.1, -0.05) is 66.7 Å². The first-order chi connectivity index (χ1) is 37.5. The molecule has 5 unspecified atom stereocenters. The average Bonchev–Trinajstić information content (AvgIpc) is 4.15. The number of aryl methyl sites for hydroxylation is 2. The number of carbonyl (C=O) groups is 8. The van der Waals surface area contributed by atoms with Crippen LogP contribution in [0.25, 0.3) is 21.2 Å². The lowest BCUT2D eigenvalue weighted by Gasteiger charge is -2.39. The van der Waals surface area contributed by atoms with Gasteiger partial charge in [-0.05, 0) is 113 Å². The molecule has 0 saturated carbocycles. The summed E-state index contributed by atoms with van der Waals surface area (Å²) in [4.78, 5) is 106. The molecule has 12 N–H and O–H groups in total. The highest BCUT2D eigenvalue weighted by molar-refractivity contribution is 7.13. The Balaban J connectivity index is 0.898. The Kier molecular flexibility index (Phi) is 17.6. The molecule has 2 aromatic heterocycles. The normalized spacial score (nSPS) is 17.4. The number of primary amides is 1. The van der Waals surface area contributed by atoms with E-state index in [9.17, 15) is 38.4 Å². The zero-order valence-corrected chi connectivity index (χ0v) is 43.8. The molecule has 22 nitrogen and oxygen atoms in total. The molecule has 2 saturated heterocycles. The molecule has 6 aromatic rings. The maximum atomic E-state index is 14.3. The Labute approximate surface area is 452 Å². The van der Waals surface area contributed by atoms with Crippen LogP contribution in [0.2, 0.25) is 0 Å². The number of fused-ring (bicyclic) bond motifs is 1. The predicted octanol–water partition coefficient (Wildman–Crippen LogP) is 4.24. The van der Waals surface area contributed by atoms with Crippen LogP contribution in [0, 0.1) is 0 Å². The molecule has 23 heteroatoms. The van der Waals surface area contributed by atoms with Crippen LogP contribution in [0.3, 0.4) is 0 Å². The third-order valence-electron chi connectivity index (χ3n) is 13.3. The molecule has 4 aromatic carbocycles. The second-order valence-electron chi connectivity index (χ2n) is 18.8. The van der Waals surface area contributed by atoms with Crippen molar-refractivity contribution in [1.82, 2.24) is 42.6 Å². The van der Waals surface area contributed by atoms with Crippen LogP contribution < -0.4 is 54.4 Å². The number of benzene rings is 4. The minimum Gasteiger partial charge on any atom is -0.467 e. The van der Waals surface area contributed by atoms with Crippen molar-refractivity contribution < 1.29 is 52.6 Å². The van der Waals surface area contributed by atoms with Crippen LogP contribution >= 0.6 is 11.3 Å². The Morgan fingerprint density at radius 1 is 0.769 bits per heavy atom. The van der Waals surface area contributed by atoms with E-state index in [2.05, 4.69) is 68.9 Å². The van der Waals surface area contributed by atoms with Crippen molar-refractivity contribution in [1.29, 1.82) is 0 Å². The molecule has 7 atom stereocenters. The second kappa shape index (κ2) is 24.8. The van der Waals surface area contributed by atoms with E-state index in [-0.39, 0.29) is 61.1 Å². The van der Waals surface area contributed by atoms with Crippen LogP contribution in [0.4, 0.5) is 16.3 Å². The summed E-state index contributed by atoms with van der Waals surface area (Å²) < 4.78 is 14.2. The number of hydrogen-bond donors (Lipinski definition) is 10. The number of nitrogens with two attached hydrogens (primary N) is 2. The van der Waals surface area contributed by atoms with Crippen molar-refractivity contribution in [2.24, 2.45) is 5.73 Å². The van der Waals surface area contributed by atoms with E-state index in [1.165, 1.54) is 26.3 Å². The Bertz CT molecular complexity index is 3270. The van der Waals surface area contributed by atoms with E-state index in [0.29, 0.717) is 28.9 Å². The van der Waals surface area contributed by atoms with Crippen LogP contribution in [0.1, 0.15) is 100 Å². The molecular formula is C55H59N11O11S. The fourth-order valence-corrected chi connectivity index (χ4v) is 9.86. The largest absolute Gasteiger partial charge is 0.467 e. The number of ether oxygens (including phenoxy) is 3. The van der Waals surface area contributed by atoms with Crippen LogP contribution in [-0.2, 0) is 51.0 Å². The van der Waals surface area contributed by atoms with Gasteiger partial charge in [0.25, 0.3) is 23.6 Å². The van der Waals surface area contributed by atoms with Crippen LogP contribution in [0.5, 0.6) is 0 Å². The quantitative estimate of drug-likeness (QED) is 0.0291. The van der Waals surface area contributed by atoms with E-state index in [4.69, 9.17) is 16.2 Å². The van der Waals surface area contributed by atoms with Gasteiger partial charge >= 0.3 is 12.1 Å². The minimum absolute atomic E-state index is 0.0482. The third-order valence-corrected chi connectivity index (χ3v) is 14.3. The fourth-order valence-electron chi connectivity index (χ4n) is 8.91. The number of esters is 1. The summed E-state index contributed by atoms with van der Waals surface area (Å²) in [6, 6.07) is 29.9. The van der Waals surface area contributed by atoms with Crippen molar-refractivity contribution >= 4 is 81.1 Å². The number of thiophene rings is 1. The summed E-state index contributed by atoms with van der Waals surface area (Å²) >= 11 is 1.58. The molecule has 8 rings (SSSR count). The van der Waals surface area contributed by atoms with E-state index in [1.807, 2.05) is 92.7 Å². The van der Waals surface area contributed by atoms with E-state index in [0.717, 1.165) is 37.9 Å². The highest BCUT2D eigenvalue weighted by Crippen LogP contribution is 2.36. The number of carbonyl (C=O) groups excluding carboxylic acids is 8. The topological polar surface area (TPSA) is 329 Å². The Morgan fingerprint density at radius 2 is 1.46 bits per heavy atom. The summed E-state index contributed by atoms with van der Waals surface area (Å²) in [6.07, 6.45) is -2.95. The van der Waals surface area contributed by atoms with Gasteiger partial charge in [0.2, 0.25) is 11.8 Å². The maximum Gasteiger partial charge on any atom is 0.405 e. The lowest BCUT2D eigenvalue weighted by Crippen LogP contribution is -2.54. The number of nitrogen functional groups attached to an aromatic ring is 1. The zero-order valence-electron chi connectivity index (χ0n) is 43.0. The number of rotatable bonds is 20. The number of anilines is 2. The van der Waals surface area contributed by atoms with Crippen molar-refractivity contribution in [3.63, 3.8) is 0 Å². The SMILES string of the molecule is COC(=O)C1OC1C(=O)NNC(=O)CCc1cnc(N)cc1C(=O)N[C@H](C)c1cccc(-c2cc(C3NCC3Nc3ccc(CCC(=O)NNC(=O)C(C)OC(N)=O)c(C(=O)N[C@H](C)c4cccc5ccccc45)c3)cs2)c1. The van der Waals surface area contributed by atoms with Crippen molar-refractivity contribution in [2.75, 3.05) is 24.7 Å². The summed E-state index contributed by atoms with van der Waals surface area (Å²) in [5, 5.41) is 17.5. The maximum absolute atomic E-state index is 14.3. The van der Waals surface area contributed by atoms with Gasteiger partial charge < -0.3 is 46.9 Å². The monoisotopic (exact) mass is 1080 g/mol. The smallest absolute Gasteiger partial charge is 0.405 e. The van der Waals surface area contributed by atoms with E-state index in [1.54, 1.807) is 17.4 Å². The predicted molar refractivity (Wildman–Crippen MR) is 289 cm³/mol. The lowest BCUT2D eigenvalue weighted by molar-refractivity contribution is -0.142. The second-order valence-corrected chi connectivity index (χ2v) is 19.7. The summed E-state index contributed by atoms with van der Waals surface area (Å²) in [7, 11) is 1.17. The summed E-state index contributed by atoms with van der Waals surface area (Å²) in [5.74, 6) is -3.90. The fraction of sp³-hybridized carbons (Fsp3) is 0.291. The van der Waals surface area contributed by atoms with Gasteiger partial charge in [0.1, 0.15) is 5.82 Å². The number of nitrogens with one attached hydrogen (secondary N) is 8. The number of methoxy groups -OCH3 is 1. The van der Waals surface area contributed by atoms with Gasteiger partial charge in [0.15, 0.2) is 18.3 Å². The number of epoxide rings is 1. The first-order valence-corrected chi connectivity index (χ1v) is 25.9. The molecule has 2 aliphatic heterocycles. The van der Waals surface area contributed by atoms with Gasteiger partial charge in [-0.2, -0.15) is 0 Å². The molecule has 0 spiro atoms. The van der Waals surface area contributed by atoms with Gasteiger partial charge in [0.05, 0.1) is 31.3 Å². The van der Waals surface area contributed by atoms with E-state index >= 15 is 0 Å². The number of pyridine rings is 1. The molecule has 0 bridgehead atoms. The molecular weight excluding hydrogens is 1020 g/mol. The Morgan fingerprint density at radius 3 is 2.19 bits per heavy atom. The average molecular weight is 1080 g/mol. The van der Waals surface area contributed by atoms with Crippen LogP contribution in [-0.4, -0.2) is 90.5 Å². The molecule has 4 heterocycles. The molecule has 2 aliphatic rings. The van der Waals surface area contributed by atoms with Crippen molar-refractivity contribution in [3.8, 4) is 10.4 Å². The molecule has 7 amide bonds. The highest BCUT2D eigenvalue weighted by Gasteiger charge is 2.51. The minimum atomic E-state index is -1.23. The van der Waals surface area contributed by atoms with Crippen LogP contribution in [0.15, 0.2) is 109 Å². The number of hydrogen-bond acceptors (Lipinski definition) is 16. The molecule has 2 fully saturated rings. The van der Waals surface area contributed by atoms with E-state index < -0.39 is 66.0 Å². The summed E-state index contributed by atoms with van der Waals surface area (Å²) in [6.45, 7) is 5.73. The van der Waals surface area contributed by atoms with Gasteiger partial charge in [-0.15, -0.1) is 11.3 Å². The third kappa shape index (κ3) is 13.7. The van der Waals surface area contributed by atoms with Gasteiger partial charge in [-0.3, -0.25) is 50.5 Å². The molecule has 0 aliphatic carbocycles. The first-order valence-electron chi connectivity index (χ1n) is 25.0. The number of nitrogens with zero attached hydrogens (tertiary/aromatic N) is 1. The summed E-state index contributed by atoms with van der Waals surface area (Å²) in [5.41, 5.74) is 26.2. The molecule has 78 heavy (non-hydrogen) atoms. The number of amides is 7. The Hall–Kier alpha value is -8.93.